The van der Waals surface area contributed by atoms with Crippen molar-refractivity contribution in [1.82, 2.24) is 10.2 Å². The molecule has 17 heavy (non-hydrogen) atoms. The highest BCUT2D eigenvalue weighted by Gasteiger charge is 2.05. The van der Waals surface area contributed by atoms with Crippen molar-refractivity contribution in [2.45, 2.75) is 13.0 Å². The van der Waals surface area contributed by atoms with Gasteiger partial charge in [0.1, 0.15) is 11.9 Å². The van der Waals surface area contributed by atoms with Crippen LogP contribution in [-0.2, 0) is 0 Å². The predicted octanol–water partition coefficient (Wildman–Crippen LogP) is 2.52. The van der Waals surface area contributed by atoms with Gasteiger partial charge in [0.25, 0.3) is 0 Å². The molecule has 0 aliphatic carbocycles. The summed E-state index contributed by atoms with van der Waals surface area (Å²) in [5.74, 6) is 0.667. The molecular formula is C13H12N4. The summed E-state index contributed by atoms with van der Waals surface area (Å²) in [5.41, 5.74) is 1.50. The van der Waals surface area contributed by atoms with Crippen LogP contribution < -0.4 is 5.32 Å². The van der Waals surface area contributed by atoms with E-state index in [4.69, 9.17) is 5.26 Å². The highest BCUT2D eigenvalue weighted by atomic mass is 15.2. The summed E-state index contributed by atoms with van der Waals surface area (Å²) in [6, 6.07) is 15.6. The zero-order valence-corrected chi connectivity index (χ0v) is 9.46. The van der Waals surface area contributed by atoms with Gasteiger partial charge in [0, 0.05) is 6.04 Å². The van der Waals surface area contributed by atoms with Crippen molar-refractivity contribution in [2.24, 2.45) is 0 Å². The average Bonchev–Trinajstić information content (AvgIpc) is 2.40. The number of hydrogen-bond acceptors (Lipinski definition) is 4. The fourth-order valence-corrected chi connectivity index (χ4v) is 1.52. The Bertz CT molecular complexity index is 513. The maximum Gasteiger partial charge on any atom is 0.163 e. The minimum absolute atomic E-state index is 0.151. The van der Waals surface area contributed by atoms with E-state index >= 15 is 0 Å². The Morgan fingerprint density at radius 1 is 1.12 bits per heavy atom. The van der Waals surface area contributed by atoms with Crippen LogP contribution in [0.4, 0.5) is 5.82 Å². The van der Waals surface area contributed by atoms with Gasteiger partial charge in [0.15, 0.2) is 5.69 Å². The van der Waals surface area contributed by atoms with E-state index in [1.54, 1.807) is 12.1 Å². The lowest BCUT2D eigenvalue weighted by molar-refractivity contribution is 0.859. The van der Waals surface area contributed by atoms with Crippen molar-refractivity contribution < 1.29 is 0 Å². The van der Waals surface area contributed by atoms with Gasteiger partial charge in [-0.05, 0) is 24.6 Å². The molecule has 2 rings (SSSR count). The second-order valence-electron chi connectivity index (χ2n) is 3.69. The third-order valence-electron chi connectivity index (χ3n) is 2.44. The SMILES string of the molecule is CC(Nc1ccc(C#N)nn1)c1ccccc1. The standard InChI is InChI=1S/C13H12N4/c1-10(11-5-3-2-4-6-11)15-13-8-7-12(9-14)16-17-13/h2-8,10H,1H3,(H,15,17). The van der Waals surface area contributed by atoms with Crippen LogP contribution in [0.5, 0.6) is 0 Å². The highest BCUT2D eigenvalue weighted by molar-refractivity contribution is 5.38. The number of benzene rings is 1. The molecular weight excluding hydrogens is 212 g/mol. The van der Waals surface area contributed by atoms with Crippen LogP contribution in [0.1, 0.15) is 24.2 Å². The van der Waals surface area contributed by atoms with Crippen molar-refractivity contribution in [1.29, 1.82) is 5.26 Å². The Balaban J connectivity index is 2.08. The molecule has 1 aromatic carbocycles. The molecule has 0 radical (unpaired) electrons. The number of aromatic nitrogens is 2. The summed E-state index contributed by atoms with van der Waals surface area (Å²) in [7, 11) is 0. The largest absolute Gasteiger partial charge is 0.362 e. The smallest absolute Gasteiger partial charge is 0.163 e. The van der Waals surface area contributed by atoms with Crippen LogP contribution in [0.2, 0.25) is 0 Å². The molecule has 1 atom stereocenters. The number of nitrogens with one attached hydrogen (secondary N) is 1. The number of nitriles is 1. The summed E-state index contributed by atoms with van der Waals surface area (Å²) in [6.45, 7) is 2.05. The summed E-state index contributed by atoms with van der Waals surface area (Å²) >= 11 is 0. The lowest BCUT2D eigenvalue weighted by atomic mass is 10.1. The summed E-state index contributed by atoms with van der Waals surface area (Å²) < 4.78 is 0. The van der Waals surface area contributed by atoms with E-state index in [0.717, 1.165) is 0 Å². The Morgan fingerprint density at radius 3 is 2.47 bits per heavy atom. The Morgan fingerprint density at radius 2 is 1.88 bits per heavy atom. The maximum atomic E-state index is 8.62. The second kappa shape index (κ2) is 5.08. The normalized spacial score (nSPS) is 11.5. The van der Waals surface area contributed by atoms with Crippen LogP contribution >= 0.6 is 0 Å². The quantitative estimate of drug-likeness (QED) is 0.870. The van der Waals surface area contributed by atoms with Crippen LogP contribution in [0.3, 0.4) is 0 Å². The Hall–Kier alpha value is -2.41. The van der Waals surface area contributed by atoms with E-state index in [9.17, 15) is 0 Å². The molecule has 2 aromatic rings. The van der Waals surface area contributed by atoms with E-state index in [0.29, 0.717) is 11.5 Å². The maximum absolute atomic E-state index is 8.62. The van der Waals surface area contributed by atoms with Crippen LogP contribution in [0, 0.1) is 11.3 Å². The molecule has 4 heteroatoms. The lowest BCUT2D eigenvalue weighted by Gasteiger charge is -2.14. The van der Waals surface area contributed by atoms with Crippen molar-refractivity contribution in [3.8, 4) is 6.07 Å². The molecule has 0 amide bonds. The summed E-state index contributed by atoms with van der Waals surface area (Å²) in [6.07, 6.45) is 0. The lowest BCUT2D eigenvalue weighted by Crippen LogP contribution is -2.08. The van der Waals surface area contributed by atoms with Crippen molar-refractivity contribution in [3.05, 3.63) is 53.7 Å². The second-order valence-corrected chi connectivity index (χ2v) is 3.69. The molecule has 0 bridgehead atoms. The molecule has 4 nitrogen and oxygen atoms in total. The van der Waals surface area contributed by atoms with Crippen molar-refractivity contribution in [2.75, 3.05) is 5.32 Å². The fourth-order valence-electron chi connectivity index (χ4n) is 1.52. The first-order valence-corrected chi connectivity index (χ1v) is 5.35. The molecule has 0 saturated carbocycles. The van der Waals surface area contributed by atoms with Gasteiger partial charge in [-0.15, -0.1) is 10.2 Å². The molecule has 0 aliphatic heterocycles. The van der Waals surface area contributed by atoms with Gasteiger partial charge in [-0.2, -0.15) is 5.26 Å². The number of rotatable bonds is 3. The molecule has 1 heterocycles. The highest BCUT2D eigenvalue weighted by Crippen LogP contribution is 2.16. The molecule has 0 aliphatic rings. The van der Waals surface area contributed by atoms with Crippen LogP contribution in [-0.4, -0.2) is 10.2 Å². The fraction of sp³-hybridized carbons (Fsp3) is 0.154. The molecule has 1 aromatic heterocycles. The predicted molar refractivity (Wildman–Crippen MR) is 65.2 cm³/mol. The van der Waals surface area contributed by atoms with E-state index in [1.807, 2.05) is 24.3 Å². The topological polar surface area (TPSA) is 61.6 Å². The van der Waals surface area contributed by atoms with Gasteiger partial charge in [-0.25, -0.2) is 0 Å². The van der Waals surface area contributed by atoms with Gasteiger partial charge >= 0.3 is 0 Å². The number of hydrogen-bond donors (Lipinski definition) is 1. The zero-order chi connectivity index (χ0) is 12.1. The van der Waals surface area contributed by atoms with Crippen LogP contribution in [0.15, 0.2) is 42.5 Å². The van der Waals surface area contributed by atoms with E-state index < -0.39 is 0 Å². The number of anilines is 1. The third-order valence-corrected chi connectivity index (χ3v) is 2.44. The molecule has 1 unspecified atom stereocenters. The van der Waals surface area contributed by atoms with Gasteiger partial charge in [0.2, 0.25) is 0 Å². The third kappa shape index (κ3) is 2.79. The Kier molecular flexibility index (Phi) is 3.31. The summed E-state index contributed by atoms with van der Waals surface area (Å²) in [4.78, 5) is 0. The van der Waals surface area contributed by atoms with E-state index in [-0.39, 0.29) is 6.04 Å². The number of nitrogens with zero attached hydrogens (tertiary/aromatic N) is 3. The molecule has 0 spiro atoms. The van der Waals surface area contributed by atoms with Gasteiger partial charge in [-0.1, -0.05) is 30.3 Å². The van der Waals surface area contributed by atoms with Gasteiger partial charge in [-0.3, -0.25) is 0 Å². The first-order valence-electron chi connectivity index (χ1n) is 5.35. The Labute approximate surface area is 99.9 Å². The molecule has 0 fully saturated rings. The van der Waals surface area contributed by atoms with Crippen molar-refractivity contribution in [3.63, 3.8) is 0 Å². The molecule has 84 valence electrons. The van der Waals surface area contributed by atoms with Gasteiger partial charge in [0.05, 0.1) is 0 Å². The average molecular weight is 224 g/mol. The zero-order valence-electron chi connectivity index (χ0n) is 9.46. The minimum Gasteiger partial charge on any atom is -0.362 e. The van der Waals surface area contributed by atoms with E-state index in [2.05, 4.69) is 34.6 Å². The van der Waals surface area contributed by atoms with E-state index in [1.165, 1.54) is 5.56 Å². The monoisotopic (exact) mass is 224 g/mol. The summed E-state index contributed by atoms with van der Waals surface area (Å²) in [5, 5.41) is 19.5. The van der Waals surface area contributed by atoms with Crippen LogP contribution in [0.25, 0.3) is 0 Å². The first kappa shape index (κ1) is 11.1. The first-order chi connectivity index (χ1) is 8.29. The molecule has 1 N–H and O–H groups in total. The van der Waals surface area contributed by atoms with Gasteiger partial charge < -0.3 is 5.32 Å². The minimum atomic E-state index is 0.151. The van der Waals surface area contributed by atoms with Crippen molar-refractivity contribution >= 4 is 5.82 Å². The molecule has 0 saturated heterocycles.